The van der Waals surface area contributed by atoms with Crippen molar-refractivity contribution in [3.8, 4) is 0 Å². The average Bonchev–Trinajstić information content (AvgIpc) is 2.53. The van der Waals surface area contributed by atoms with Crippen molar-refractivity contribution in [1.82, 2.24) is 4.90 Å². The van der Waals surface area contributed by atoms with Crippen molar-refractivity contribution in [3.63, 3.8) is 0 Å². The fourth-order valence-corrected chi connectivity index (χ4v) is 2.46. The predicted molar refractivity (Wildman–Crippen MR) is 84.6 cm³/mol. The number of carbonyl (C=O) groups is 2. The number of esters is 1. The fraction of sp³-hybridized carbons (Fsp3) is 0.400. The summed E-state index contributed by atoms with van der Waals surface area (Å²) in [4.78, 5) is 26.1. The molecule has 1 aliphatic heterocycles. The highest BCUT2D eigenvalue weighted by atomic mass is 32.1. The molecular weight excluding hydrogens is 288 g/mol. The zero-order chi connectivity index (χ0) is 15.4. The number of hydrogen-bond donors (Lipinski definition) is 1. The number of nitrogens with zero attached hydrogens (tertiary/aromatic N) is 1. The van der Waals surface area contributed by atoms with Crippen LogP contribution in [0.25, 0.3) is 0 Å². The molecule has 0 saturated carbocycles. The first-order chi connectivity index (χ1) is 10.0. The molecule has 21 heavy (non-hydrogen) atoms. The quantitative estimate of drug-likeness (QED) is 0.682. The standard InChI is InChI=1S/C15H18N2O3S/c1-3-20-14(18)6-7-17-9-13(21)16-12-8-10(2)4-5-11(12)15(17)19/h4-5,8H,3,6-7,9H2,1-2H3,(H,16,21). The molecule has 1 heterocycles. The Morgan fingerprint density at radius 1 is 1.48 bits per heavy atom. The topological polar surface area (TPSA) is 58.6 Å². The maximum atomic E-state index is 12.5. The van der Waals surface area contributed by atoms with Gasteiger partial charge in [0.15, 0.2) is 0 Å². The van der Waals surface area contributed by atoms with Crippen molar-refractivity contribution < 1.29 is 14.3 Å². The van der Waals surface area contributed by atoms with Gasteiger partial charge in [-0.2, -0.15) is 0 Å². The van der Waals surface area contributed by atoms with Gasteiger partial charge in [-0.3, -0.25) is 9.59 Å². The molecule has 0 saturated heterocycles. The number of ether oxygens (including phenoxy) is 1. The lowest BCUT2D eigenvalue weighted by atomic mass is 10.1. The maximum absolute atomic E-state index is 12.5. The van der Waals surface area contributed by atoms with E-state index >= 15 is 0 Å². The van der Waals surface area contributed by atoms with Crippen molar-refractivity contribution >= 4 is 34.8 Å². The second-order valence-electron chi connectivity index (χ2n) is 4.88. The predicted octanol–water partition coefficient (Wildman–Crippen LogP) is 2.14. The Labute approximate surface area is 129 Å². The number of thiocarbonyl (C=S) groups is 1. The Hall–Kier alpha value is -1.95. The number of anilines is 1. The van der Waals surface area contributed by atoms with Gasteiger partial charge in [0.1, 0.15) is 0 Å². The summed E-state index contributed by atoms with van der Waals surface area (Å²) < 4.78 is 4.89. The van der Waals surface area contributed by atoms with E-state index in [9.17, 15) is 9.59 Å². The monoisotopic (exact) mass is 306 g/mol. The third-order valence-corrected chi connectivity index (χ3v) is 3.42. The van der Waals surface area contributed by atoms with Crippen LogP contribution in [0.4, 0.5) is 5.69 Å². The molecule has 0 aliphatic carbocycles. The minimum absolute atomic E-state index is 0.123. The van der Waals surface area contributed by atoms with E-state index in [1.807, 2.05) is 19.1 Å². The summed E-state index contributed by atoms with van der Waals surface area (Å²) >= 11 is 5.25. The smallest absolute Gasteiger partial charge is 0.307 e. The van der Waals surface area contributed by atoms with Crippen LogP contribution in [0.1, 0.15) is 29.3 Å². The van der Waals surface area contributed by atoms with Crippen LogP contribution in [0.2, 0.25) is 0 Å². The van der Waals surface area contributed by atoms with E-state index in [4.69, 9.17) is 17.0 Å². The second-order valence-corrected chi connectivity index (χ2v) is 5.37. The van der Waals surface area contributed by atoms with Gasteiger partial charge in [0.25, 0.3) is 5.91 Å². The molecule has 0 radical (unpaired) electrons. The molecule has 0 bridgehead atoms. The summed E-state index contributed by atoms with van der Waals surface area (Å²) in [6.45, 7) is 4.66. The molecule has 0 spiro atoms. The molecule has 2 rings (SSSR count). The molecule has 1 aromatic rings. The number of rotatable bonds is 4. The van der Waals surface area contributed by atoms with E-state index in [0.717, 1.165) is 11.3 Å². The summed E-state index contributed by atoms with van der Waals surface area (Å²) in [5, 5.41) is 3.09. The summed E-state index contributed by atoms with van der Waals surface area (Å²) in [7, 11) is 0. The van der Waals surface area contributed by atoms with Gasteiger partial charge in [-0.05, 0) is 31.5 Å². The first kappa shape index (κ1) is 15.4. The molecule has 0 aromatic heterocycles. The van der Waals surface area contributed by atoms with Crippen LogP contribution in [0, 0.1) is 6.92 Å². The fourth-order valence-electron chi connectivity index (χ4n) is 2.19. The molecular formula is C15H18N2O3S. The van der Waals surface area contributed by atoms with E-state index in [0.29, 0.717) is 30.2 Å². The van der Waals surface area contributed by atoms with Crippen molar-refractivity contribution in [2.45, 2.75) is 20.3 Å². The Balaban J connectivity index is 2.16. The zero-order valence-corrected chi connectivity index (χ0v) is 13.0. The number of fused-ring (bicyclic) bond motifs is 1. The highest BCUT2D eigenvalue weighted by molar-refractivity contribution is 7.80. The van der Waals surface area contributed by atoms with Crippen LogP contribution in [0.5, 0.6) is 0 Å². The average molecular weight is 306 g/mol. The minimum atomic E-state index is -0.308. The molecule has 0 unspecified atom stereocenters. The van der Waals surface area contributed by atoms with Crippen molar-refractivity contribution in [2.24, 2.45) is 0 Å². The molecule has 112 valence electrons. The Bertz CT molecular complexity index is 586. The Morgan fingerprint density at radius 3 is 2.95 bits per heavy atom. The molecule has 1 N–H and O–H groups in total. The number of amides is 1. The van der Waals surface area contributed by atoms with Crippen LogP contribution >= 0.6 is 12.2 Å². The summed E-state index contributed by atoms with van der Waals surface area (Å²) in [6.07, 6.45) is 0.170. The highest BCUT2D eigenvalue weighted by Crippen LogP contribution is 2.22. The molecule has 5 nitrogen and oxygen atoms in total. The molecule has 6 heteroatoms. The maximum Gasteiger partial charge on any atom is 0.307 e. The van der Waals surface area contributed by atoms with Crippen LogP contribution in [-0.2, 0) is 9.53 Å². The van der Waals surface area contributed by atoms with Crippen molar-refractivity contribution in [2.75, 3.05) is 25.0 Å². The number of nitrogens with one attached hydrogen (secondary N) is 1. The Kier molecular flexibility index (Phi) is 4.90. The molecule has 1 aromatic carbocycles. The zero-order valence-electron chi connectivity index (χ0n) is 12.1. The summed E-state index contributed by atoms with van der Waals surface area (Å²) in [5.41, 5.74) is 2.35. The lowest BCUT2D eigenvalue weighted by Crippen LogP contribution is -2.36. The minimum Gasteiger partial charge on any atom is -0.466 e. The van der Waals surface area contributed by atoms with Crippen molar-refractivity contribution in [3.05, 3.63) is 29.3 Å². The van der Waals surface area contributed by atoms with Crippen LogP contribution in [-0.4, -0.2) is 41.5 Å². The lowest BCUT2D eigenvalue weighted by Gasteiger charge is -2.19. The van der Waals surface area contributed by atoms with E-state index in [-0.39, 0.29) is 18.3 Å². The molecule has 1 aliphatic rings. The van der Waals surface area contributed by atoms with Crippen molar-refractivity contribution in [1.29, 1.82) is 0 Å². The van der Waals surface area contributed by atoms with Gasteiger partial charge < -0.3 is 15.0 Å². The first-order valence-electron chi connectivity index (χ1n) is 6.86. The van der Waals surface area contributed by atoms with E-state index in [1.54, 1.807) is 17.9 Å². The molecule has 0 fully saturated rings. The number of benzene rings is 1. The normalized spacial score (nSPS) is 14.3. The summed E-state index contributed by atoms with van der Waals surface area (Å²) in [6, 6.07) is 5.57. The largest absolute Gasteiger partial charge is 0.466 e. The van der Waals surface area contributed by atoms with Gasteiger partial charge in [0.2, 0.25) is 0 Å². The molecule has 1 amide bonds. The highest BCUT2D eigenvalue weighted by Gasteiger charge is 2.25. The van der Waals surface area contributed by atoms with Gasteiger partial charge in [-0.15, -0.1) is 0 Å². The first-order valence-corrected chi connectivity index (χ1v) is 7.27. The van der Waals surface area contributed by atoms with Gasteiger partial charge in [0.05, 0.1) is 35.8 Å². The second kappa shape index (κ2) is 6.67. The van der Waals surface area contributed by atoms with E-state index < -0.39 is 0 Å². The number of aryl methyl sites for hydroxylation is 1. The van der Waals surface area contributed by atoms with Crippen LogP contribution in [0.3, 0.4) is 0 Å². The third-order valence-electron chi connectivity index (χ3n) is 3.19. The van der Waals surface area contributed by atoms with E-state index in [2.05, 4.69) is 5.32 Å². The third kappa shape index (κ3) is 3.78. The van der Waals surface area contributed by atoms with Gasteiger partial charge in [-0.1, -0.05) is 18.3 Å². The van der Waals surface area contributed by atoms with Gasteiger partial charge in [-0.25, -0.2) is 0 Å². The van der Waals surface area contributed by atoms with E-state index in [1.165, 1.54) is 0 Å². The van der Waals surface area contributed by atoms with Gasteiger partial charge in [0, 0.05) is 6.54 Å². The number of carbonyl (C=O) groups excluding carboxylic acids is 2. The lowest BCUT2D eigenvalue weighted by molar-refractivity contribution is -0.143. The molecule has 0 atom stereocenters. The van der Waals surface area contributed by atoms with Crippen LogP contribution in [0.15, 0.2) is 18.2 Å². The van der Waals surface area contributed by atoms with Crippen LogP contribution < -0.4 is 5.32 Å². The Morgan fingerprint density at radius 2 is 2.24 bits per heavy atom. The summed E-state index contributed by atoms with van der Waals surface area (Å²) in [5.74, 6) is -0.431. The number of hydrogen-bond acceptors (Lipinski definition) is 4. The SMILES string of the molecule is CCOC(=O)CCN1CC(=S)Nc2cc(C)ccc2C1=O. The van der Waals surface area contributed by atoms with Gasteiger partial charge >= 0.3 is 5.97 Å².